The van der Waals surface area contributed by atoms with Gasteiger partial charge in [0.05, 0.1) is 27.9 Å². The van der Waals surface area contributed by atoms with Crippen molar-refractivity contribution < 1.29 is 4.74 Å². The van der Waals surface area contributed by atoms with E-state index in [0.29, 0.717) is 21.1 Å². The molecular weight excluding hydrogens is 258 g/mol. The van der Waals surface area contributed by atoms with Gasteiger partial charge >= 0.3 is 0 Å². The van der Waals surface area contributed by atoms with Crippen molar-refractivity contribution in [2.24, 2.45) is 7.05 Å². The second kappa shape index (κ2) is 4.63. The molecule has 5 heteroatoms. The lowest BCUT2D eigenvalue weighted by Gasteiger charge is -2.10. The van der Waals surface area contributed by atoms with Crippen LogP contribution in [0.5, 0.6) is 5.75 Å². The van der Waals surface area contributed by atoms with Crippen molar-refractivity contribution in [3.63, 3.8) is 0 Å². The highest BCUT2D eigenvalue weighted by Gasteiger charge is 2.10. The van der Waals surface area contributed by atoms with Crippen molar-refractivity contribution in [1.29, 1.82) is 0 Å². The summed E-state index contributed by atoms with van der Waals surface area (Å²) in [6, 6.07) is 3.45. The topological polar surface area (TPSA) is 31.2 Å². The summed E-state index contributed by atoms with van der Waals surface area (Å²) in [4.78, 5) is 12.9. The fourth-order valence-corrected chi connectivity index (χ4v) is 2.55. The van der Waals surface area contributed by atoms with Crippen molar-refractivity contribution in [2.45, 2.75) is 4.90 Å². The number of halogens is 1. The van der Waals surface area contributed by atoms with Gasteiger partial charge in [-0.15, -0.1) is 11.8 Å². The summed E-state index contributed by atoms with van der Waals surface area (Å²) in [5, 5.41) is 1.13. The van der Waals surface area contributed by atoms with Crippen LogP contribution in [0.1, 0.15) is 0 Å². The number of aromatic nitrogens is 1. The molecule has 0 unspecified atom stereocenters. The predicted molar refractivity (Wildman–Crippen MR) is 72.5 cm³/mol. The van der Waals surface area contributed by atoms with E-state index in [-0.39, 0.29) is 5.43 Å². The maximum Gasteiger partial charge on any atom is 0.203 e. The second-order valence-corrected chi connectivity index (χ2v) is 4.90. The van der Waals surface area contributed by atoms with Crippen molar-refractivity contribution in [3.8, 4) is 5.75 Å². The molecule has 1 aromatic heterocycles. The molecule has 0 N–H and O–H groups in total. The van der Waals surface area contributed by atoms with E-state index in [0.717, 1.165) is 5.52 Å². The van der Waals surface area contributed by atoms with Crippen LogP contribution in [0.4, 0.5) is 0 Å². The number of rotatable bonds is 2. The minimum absolute atomic E-state index is 0.0144. The molecule has 0 atom stereocenters. The van der Waals surface area contributed by atoms with E-state index in [1.807, 2.05) is 24.1 Å². The zero-order valence-electron chi connectivity index (χ0n) is 9.78. The molecule has 0 radical (unpaired) electrons. The highest BCUT2D eigenvalue weighted by atomic mass is 35.5. The number of fused-ring (bicyclic) bond motifs is 1. The maximum absolute atomic E-state index is 12.2. The number of benzene rings is 1. The molecule has 0 aliphatic carbocycles. The molecule has 3 nitrogen and oxygen atoms in total. The highest BCUT2D eigenvalue weighted by molar-refractivity contribution is 7.98. The third kappa shape index (κ3) is 2.03. The van der Waals surface area contributed by atoms with Crippen LogP contribution >= 0.6 is 23.4 Å². The smallest absolute Gasteiger partial charge is 0.203 e. The number of aryl methyl sites for hydroxylation is 1. The van der Waals surface area contributed by atoms with Crippen molar-refractivity contribution in [3.05, 3.63) is 33.6 Å². The minimum Gasteiger partial charge on any atom is -0.495 e. The predicted octanol–water partition coefficient (Wildman–Crippen LogP) is 2.92. The van der Waals surface area contributed by atoms with Gasteiger partial charge in [-0.2, -0.15) is 0 Å². The lowest BCUT2D eigenvalue weighted by atomic mass is 10.2. The Balaban J connectivity index is 2.91. The van der Waals surface area contributed by atoms with E-state index in [4.69, 9.17) is 16.3 Å². The van der Waals surface area contributed by atoms with Gasteiger partial charge in [0, 0.05) is 13.2 Å². The SMILES string of the molecule is COc1cc2c(=O)c(SC)cn(C)c2cc1Cl. The minimum atomic E-state index is 0.0144. The number of ether oxygens (including phenoxy) is 1. The molecule has 0 aliphatic rings. The van der Waals surface area contributed by atoms with Crippen LogP contribution in [-0.2, 0) is 7.05 Å². The Morgan fingerprint density at radius 3 is 2.71 bits per heavy atom. The summed E-state index contributed by atoms with van der Waals surface area (Å²) in [7, 11) is 3.43. The molecule has 0 amide bonds. The Labute approximate surface area is 108 Å². The lowest BCUT2D eigenvalue weighted by Crippen LogP contribution is -2.09. The first kappa shape index (κ1) is 12.3. The molecule has 0 spiro atoms. The molecule has 2 rings (SSSR count). The Morgan fingerprint density at radius 2 is 2.12 bits per heavy atom. The van der Waals surface area contributed by atoms with Gasteiger partial charge in [-0.3, -0.25) is 4.79 Å². The monoisotopic (exact) mass is 269 g/mol. The van der Waals surface area contributed by atoms with Gasteiger partial charge in [0.25, 0.3) is 0 Å². The van der Waals surface area contributed by atoms with Crippen molar-refractivity contribution >= 4 is 34.3 Å². The van der Waals surface area contributed by atoms with Crippen molar-refractivity contribution in [2.75, 3.05) is 13.4 Å². The van der Waals surface area contributed by atoms with E-state index in [1.54, 1.807) is 12.1 Å². The summed E-state index contributed by atoms with van der Waals surface area (Å²) in [6.45, 7) is 0. The van der Waals surface area contributed by atoms with Crippen LogP contribution < -0.4 is 10.2 Å². The molecule has 0 saturated carbocycles. The summed E-state index contributed by atoms with van der Waals surface area (Å²) in [6.07, 6.45) is 3.70. The number of pyridine rings is 1. The van der Waals surface area contributed by atoms with E-state index in [1.165, 1.54) is 18.9 Å². The molecule has 0 fully saturated rings. The molecule has 90 valence electrons. The Hall–Kier alpha value is -1.13. The van der Waals surface area contributed by atoms with Gasteiger partial charge in [0.15, 0.2) is 0 Å². The first-order chi connectivity index (χ1) is 8.08. The zero-order chi connectivity index (χ0) is 12.6. The molecule has 17 heavy (non-hydrogen) atoms. The first-order valence-corrected chi connectivity index (χ1v) is 6.59. The normalized spacial score (nSPS) is 10.8. The number of methoxy groups -OCH3 is 1. The summed E-state index contributed by atoms with van der Waals surface area (Å²) >= 11 is 7.49. The fourth-order valence-electron chi connectivity index (χ4n) is 1.76. The highest BCUT2D eigenvalue weighted by Crippen LogP contribution is 2.29. The number of hydrogen-bond donors (Lipinski definition) is 0. The summed E-state index contributed by atoms with van der Waals surface area (Å²) < 4.78 is 7.03. The van der Waals surface area contributed by atoms with Gasteiger partial charge in [0.1, 0.15) is 5.75 Å². The van der Waals surface area contributed by atoms with Gasteiger partial charge in [-0.25, -0.2) is 0 Å². The molecule has 2 aromatic rings. The van der Waals surface area contributed by atoms with Crippen LogP contribution in [0.25, 0.3) is 10.9 Å². The van der Waals surface area contributed by atoms with E-state index in [9.17, 15) is 4.79 Å². The van der Waals surface area contributed by atoms with Gasteiger partial charge in [-0.05, 0) is 18.4 Å². The van der Waals surface area contributed by atoms with Crippen LogP contribution in [0.3, 0.4) is 0 Å². The second-order valence-electron chi connectivity index (χ2n) is 3.64. The molecular formula is C12H12ClNO2S. The number of nitrogens with zero attached hydrogens (tertiary/aromatic N) is 1. The van der Waals surface area contributed by atoms with Gasteiger partial charge in [0.2, 0.25) is 5.43 Å². The third-order valence-corrected chi connectivity index (χ3v) is 3.68. The summed E-state index contributed by atoms with van der Waals surface area (Å²) in [5.41, 5.74) is 0.819. The lowest BCUT2D eigenvalue weighted by molar-refractivity contribution is 0.415. The molecule has 0 bridgehead atoms. The fraction of sp³-hybridized carbons (Fsp3) is 0.250. The van der Waals surface area contributed by atoms with Crippen molar-refractivity contribution in [1.82, 2.24) is 4.57 Å². The van der Waals surface area contributed by atoms with E-state index in [2.05, 4.69) is 0 Å². The number of hydrogen-bond acceptors (Lipinski definition) is 3. The molecule has 0 aliphatic heterocycles. The van der Waals surface area contributed by atoms with Crippen LogP contribution in [-0.4, -0.2) is 17.9 Å². The van der Waals surface area contributed by atoms with E-state index < -0.39 is 0 Å². The average molecular weight is 270 g/mol. The van der Waals surface area contributed by atoms with Gasteiger partial charge < -0.3 is 9.30 Å². The zero-order valence-corrected chi connectivity index (χ0v) is 11.4. The van der Waals surface area contributed by atoms with Crippen LogP contribution in [0.15, 0.2) is 28.0 Å². The average Bonchev–Trinajstić information content (AvgIpc) is 2.33. The Kier molecular flexibility index (Phi) is 3.35. The molecule has 1 heterocycles. The first-order valence-electron chi connectivity index (χ1n) is 4.99. The van der Waals surface area contributed by atoms with E-state index >= 15 is 0 Å². The third-order valence-electron chi connectivity index (χ3n) is 2.65. The largest absolute Gasteiger partial charge is 0.495 e. The van der Waals surface area contributed by atoms with Crippen LogP contribution in [0, 0.1) is 0 Å². The number of thioether (sulfide) groups is 1. The summed E-state index contributed by atoms with van der Waals surface area (Å²) in [5.74, 6) is 0.523. The molecule has 1 aromatic carbocycles. The standard InChI is InChI=1S/C12H12ClNO2S/c1-14-6-11(17-3)12(15)7-4-10(16-2)8(13)5-9(7)14/h4-6H,1-3H3. The quantitative estimate of drug-likeness (QED) is 0.786. The Bertz CT molecular complexity index is 636. The Morgan fingerprint density at radius 1 is 1.41 bits per heavy atom. The van der Waals surface area contributed by atoms with Gasteiger partial charge in [-0.1, -0.05) is 11.6 Å². The molecule has 0 saturated heterocycles. The van der Waals surface area contributed by atoms with Crippen LogP contribution in [0.2, 0.25) is 5.02 Å². The maximum atomic E-state index is 12.2.